The Morgan fingerprint density at radius 1 is 1.47 bits per heavy atom. The normalized spacial score (nSPS) is 11.7. The van der Waals surface area contributed by atoms with Gasteiger partial charge in [0.1, 0.15) is 5.75 Å². The maximum Gasteiger partial charge on any atom is 0.151 e. The Kier molecular flexibility index (Phi) is 3.26. The van der Waals surface area contributed by atoms with Crippen LogP contribution in [0.3, 0.4) is 0 Å². The van der Waals surface area contributed by atoms with Crippen LogP contribution < -0.4 is 4.74 Å². The minimum Gasteiger partial charge on any atom is -0.496 e. The Labute approximate surface area is 93.6 Å². The van der Waals surface area contributed by atoms with Crippen LogP contribution in [0.1, 0.15) is 25.0 Å². The van der Waals surface area contributed by atoms with Crippen LogP contribution in [0.5, 0.6) is 5.75 Å². The molecule has 0 heterocycles. The van der Waals surface area contributed by atoms with Crippen LogP contribution in [0.25, 0.3) is 0 Å². The summed E-state index contributed by atoms with van der Waals surface area (Å²) >= 11 is 5.71. The number of benzene rings is 1. The molecule has 0 aliphatic rings. The summed E-state index contributed by atoms with van der Waals surface area (Å²) in [5, 5.41) is 9.84. The number of methoxy groups -OCH3 is 1. The zero-order chi connectivity index (χ0) is 11.8. The van der Waals surface area contributed by atoms with E-state index in [1.54, 1.807) is 6.92 Å². The van der Waals surface area contributed by atoms with Crippen molar-refractivity contribution in [3.8, 4) is 5.75 Å². The molecule has 0 aromatic heterocycles. The van der Waals surface area contributed by atoms with Crippen molar-refractivity contribution in [2.75, 3.05) is 7.11 Å². The monoisotopic (exact) mass is 232 g/mol. The van der Waals surface area contributed by atoms with Crippen LogP contribution in [-0.2, 0) is 5.60 Å². The molecule has 1 aromatic carbocycles. The molecule has 0 amide bonds. The van der Waals surface area contributed by atoms with E-state index in [0.29, 0.717) is 11.3 Å². The van der Waals surface area contributed by atoms with E-state index in [4.69, 9.17) is 16.3 Å². The molecule has 1 aromatic rings. The molecule has 84 valence electrons. The van der Waals surface area contributed by atoms with E-state index in [1.165, 1.54) is 27.0 Å². The quantitative estimate of drug-likeness (QED) is 0.850. The summed E-state index contributed by atoms with van der Waals surface area (Å²) in [5.74, 6) is -0.295. The van der Waals surface area contributed by atoms with Crippen LogP contribution in [0.2, 0.25) is 5.02 Å². The number of aliphatic hydroxyl groups is 1. The molecule has 2 nitrogen and oxygen atoms in total. The summed E-state index contributed by atoms with van der Waals surface area (Å²) in [5.41, 5.74) is -0.540. The first-order chi connectivity index (χ1) is 6.79. The van der Waals surface area contributed by atoms with Gasteiger partial charge in [0.25, 0.3) is 0 Å². The van der Waals surface area contributed by atoms with Gasteiger partial charge in [-0.15, -0.1) is 0 Å². The average molecular weight is 233 g/mol. The molecule has 0 unspecified atom stereocenters. The van der Waals surface area contributed by atoms with Gasteiger partial charge >= 0.3 is 0 Å². The summed E-state index contributed by atoms with van der Waals surface area (Å²) in [6.07, 6.45) is 0. The summed E-state index contributed by atoms with van der Waals surface area (Å²) < 4.78 is 18.8. The van der Waals surface area contributed by atoms with Gasteiger partial charge in [0.2, 0.25) is 0 Å². The lowest BCUT2D eigenvalue weighted by molar-refractivity contribution is 0.0713. The van der Waals surface area contributed by atoms with E-state index in [0.717, 1.165) is 0 Å². The van der Waals surface area contributed by atoms with Crippen molar-refractivity contribution >= 4 is 11.6 Å². The van der Waals surface area contributed by atoms with Crippen LogP contribution in [0, 0.1) is 12.7 Å². The second-order valence-corrected chi connectivity index (χ2v) is 4.36. The molecule has 15 heavy (non-hydrogen) atoms. The van der Waals surface area contributed by atoms with Crippen molar-refractivity contribution in [1.82, 2.24) is 0 Å². The van der Waals surface area contributed by atoms with E-state index in [-0.39, 0.29) is 10.6 Å². The first-order valence-electron chi connectivity index (χ1n) is 4.54. The fourth-order valence-electron chi connectivity index (χ4n) is 1.54. The molecular formula is C11H14ClFO2. The van der Waals surface area contributed by atoms with Gasteiger partial charge in [-0.1, -0.05) is 11.6 Å². The van der Waals surface area contributed by atoms with Crippen molar-refractivity contribution in [2.24, 2.45) is 0 Å². The summed E-state index contributed by atoms with van der Waals surface area (Å²) in [6.45, 7) is 4.73. The minimum atomic E-state index is -1.33. The van der Waals surface area contributed by atoms with Crippen LogP contribution >= 0.6 is 11.6 Å². The lowest BCUT2D eigenvalue weighted by Gasteiger charge is -2.23. The van der Waals surface area contributed by atoms with Crippen molar-refractivity contribution in [3.05, 3.63) is 28.0 Å². The fourth-order valence-corrected chi connectivity index (χ4v) is 1.80. The second kappa shape index (κ2) is 3.99. The molecule has 0 saturated carbocycles. The standard InChI is InChI=1S/C11H14ClFO2/c1-6-5-7(12)9(13)8(10(6)15-4)11(2,3)14/h5,14H,1-4H3. The van der Waals surface area contributed by atoms with E-state index < -0.39 is 11.4 Å². The third-order valence-corrected chi connectivity index (χ3v) is 2.45. The first kappa shape index (κ1) is 12.3. The SMILES string of the molecule is COc1c(C)cc(Cl)c(F)c1C(C)(C)O. The summed E-state index contributed by atoms with van der Waals surface area (Å²) in [7, 11) is 1.44. The fraction of sp³-hybridized carbons (Fsp3) is 0.455. The highest BCUT2D eigenvalue weighted by Crippen LogP contribution is 2.37. The van der Waals surface area contributed by atoms with Crippen molar-refractivity contribution in [1.29, 1.82) is 0 Å². The molecule has 0 atom stereocenters. The average Bonchev–Trinajstić information content (AvgIpc) is 2.08. The Bertz CT molecular complexity index is 383. The Morgan fingerprint density at radius 2 is 2.00 bits per heavy atom. The van der Waals surface area contributed by atoms with E-state index in [9.17, 15) is 9.50 Å². The zero-order valence-corrected chi connectivity index (χ0v) is 9.94. The molecule has 1 rings (SSSR count). The molecule has 0 aliphatic carbocycles. The molecule has 4 heteroatoms. The predicted molar refractivity (Wildman–Crippen MR) is 57.9 cm³/mol. The maximum absolute atomic E-state index is 13.8. The number of aryl methyl sites for hydroxylation is 1. The third-order valence-electron chi connectivity index (χ3n) is 2.17. The van der Waals surface area contributed by atoms with E-state index in [1.807, 2.05) is 0 Å². The molecule has 0 saturated heterocycles. The zero-order valence-electron chi connectivity index (χ0n) is 9.19. The lowest BCUT2D eigenvalue weighted by atomic mass is 9.94. The van der Waals surface area contributed by atoms with Crippen molar-refractivity contribution in [2.45, 2.75) is 26.4 Å². The highest BCUT2D eigenvalue weighted by atomic mass is 35.5. The van der Waals surface area contributed by atoms with Gasteiger partial charge in [-0.3, -0.25) is 0 Å². The lowest BCUT2D eigenvalue weighted by Crippen LogP contribution is -2.19. The maximum atomic E-state index is 13.8. The van der Waals surface area contributed by atoms with Gasteiger partial charge in [0.15, 0.2) is 5.82 Å². The molecule has 1 N–H and O–H groups in total. The molecule has 0 aliphatic heterocycles. The Hall–Kier alpha value is -0.800. The van der Waals surface area contributed by atoms with Gasteiger partial charge in [-0.2, -0.15) is 0 Å². The molecule has 0 fully saturated rings. The van der Waals surface area contributed by atoms with Crippen molar-refractivity contribution < 1.29 is 14.2 Å². The number of hydrogen-bond acceptors (Lipinski definition) is 2. The van der Waals surface area contributed by atoms with Gasteiger partial charge < -0.3 is 9.84 Å². The minimum absolute atomic E-state index is 0.00887. The Morgan fingerprint density at radius 3 is 2.40 bits per heavy atom. The smallest absolute Gasteiger partial charge is 0.151 e. The number of halogens is 2. The van der Waals surface area contributed by atoms with Gasteiger partial charge in [-0.25, -0.2) is 4.39 Å². The molecular weight excluding hydrogens is 219 g/mol. The van der Waals surface area contributed by atoms with Crippen LogP contribution in [0.15, 0.2) is 6.07 Å². The molecule has 0 bridgehead atoms. The second-order valence-electron chi connectivity index (χ2n) is 3.96. The van der Waals surface area contributed by atoms with E-state index in [2.05, 4.69) is 0 Å². The van der Waals surface area contributed by atoms with Crippen LogP contribution in [-0.4, -0.2) is 12.2 Å². The highest BCUT2D eigenvalue weighted by Gasteiger charge is 2.28. The number of ether oxygens (including phenoxy) is 1. The van der Waals surface area contributed by atoms with Gasteiger partial charge in [0, 0.05) is 0 Å². The topological polar surface area (TPSA) is 29.5 Å². The predicted octanol–water partition coefficient (Wildman–Crippen LogP) is 3.02. The van der Waals surface area contributed by atoms with E-state index >= 15 is 0 Å². The molecule has 0 spiro atoms. The Balaban J connectivity index is 3.59. The third kappa shape index (κ3) is 2.24. The molecule has 0 radical (unpaired) electrons. The van der Waals surface area contributed by atoms with Crippen molar-refractivity contribution in [3.63, 3.8) is 0 Å². The van der Waals surface area contributed by atoms with Crippen LogP contribution in [0.4, 0.5) is 4.39 Å². The highest BCUT2D eigenvalue weighted by molar-refractivity contribution is 6.31. The summed E-state index contributed by atoms with van der Waals surface area (Å²) in [6, 6.07) is 1.48. The van der Waals surface area contributed by atoms with Gasteiger partial charge in [0.05, 0.1) is 23.3 Å². The number of hydrogen-bond donors (Lipinski definition) is 1. The first-order valence-corrected chi connectivity index (χ1v) is 4.92. The summed E-state index contributed by atoms with van der Waals surface area (Å²) in [4.78, 5) is 0. The largest absolute Gasteiger partial charge is 0.496 e. The number of rotatable bonds is 2. The van der Waals surface area contributed by atoms with Gasteiger partial charge in [-0.05, 0) is 32.4 Å².